The summed E-state index contributed by atoms with van der Waals surface area (Å²) in [7, 11) is 0. The molecule has 1 aromatic rings. The van der Waals surface area contributed by atoms with Gasteiger partial charge in [0, 0.05) is 24.6 Å². The second-order valence-corrected chi connectivity index (χ2v) is 8.72. The molecule has 1 spiro atoms. The average molecular weight is 378 g/mol. The van der Waals surface area contributed by atoms with E-state index in [1.165, 1.54) is 12.8 Å². The third-order valence-electron chi connectivity index (χ3n) is 7.56. The molecule has 0 radical (unpaired) electrons. The summed E-state index contributed by atoms with van der Waals surface area (Å²) in [5, 5.41) is 22.3. The van der Waals surface area contributed by atoms with Crippen molar-refractivity contribution in [1.29, 1.82) is 0 Å². The van der Waals surface area contributed by atoms with E-state index >= 15 is 0 Å². The Morgan fingerprint density at radius 3 is 2.85 bits per heavy atom. The summed E-state index contributed by atoms with van der Waals surface area (Å²) in [6.45, 7) is 1.95. The molecule has 140 valence electrons. The van der Waals surface area contributed by atoms with E-state index in [2.05, 4.69) is 4.90 Å². The molecule has 0 aromatic heterocycles. The van der Waals surface area contributed by atoms with Crippen molar-refractivity contribution < 1.29 is 19.7 Å². The number of hydrogen-bond donors (Lipinski definition) is 2. The fourth-order valence-corrected chi connectivity index (χ4v) is 6.26. The quantitative estimate of drug-likeness (QED) is 0.824. The van der Waals surface area contributed by atoms with Crippen LogP contribution in [0, 0.1) is 5.92 Å². The molecule has 4 atom stereocenters. The van der Waals surface area contributed by atoms with Crippen LogP contribution < -0.4 is 4.74 Å². The number of benzene rings is 1. The van der Waals surface area contributed by atoms with Gasteiger partial charge in [-0.05, 0) is 56.2 Å². The monoisotopic (exact) mass is 377 g/mol. The molecule has 2 N–H and O–H groups in total. The van der Waals surface area contributed by atoms with Crippen molar-refractivity contribution in [2.24, 2.45) is 5.92 Å². The first-order valence-corrected chi connectivity index (χ1v) is 9.56. The number of Topliss-reactive ketones (excluding diaryl/α,β-unsaturated/α-hetero) is 1. The maximum absolute atomic E-state index is 12.7. The number of nitrogens with zero attached hydrogens (tertiary/aromatic N) is 1. The minimum atomic E-state index is -0.940. The molecule has 1 saturated heterocycles. The highest BCUT2D eigenvalue weighted by molar-refractivity contribution is 5.90. The molecule has 6 heteroatoms. The molecule has 3 aliphatic carbocycles. The van der Waals surface area contributed by atoms with Crippen LogP contribution in [0.25, 0.3) is 0 Å². The van der Waals surface area contributed by atoms with Gasteiger partial charge in [0.25, 0.3) is 0 Å². The number of aromatic hydroxyl groups is 1. The number of phenolic OH excluding ortho intramolecular Hbond substituents is 1. The molecule has 5 aliphatic rings. The Morgan fingerprint density at radius 1 is 1.27 bits per heavy atom. The van der Waals surface area contributed by atoms with Gasteiger partial charge in [0.1, 0.15) is 0 Å². The molecule has 1 unspecified atom stereocenters. The van der Waals surface area contributed by atoms with Gasteiger partial charge in [0.2, 0.25) is 0 Å². The number of piperidine rings is 1. The number of halogens is 1. The molecule has 26 heavy (non-hydrogen) atoms. The van der Waals surface area contributed by atoms with E-state index in [4.69, 9.17) is 4.74 Å². The number of rotatable bonds is 2. The summed E-state index contributed by atoms with van der Waals surface area (Å²) in [5.74, 6) is 1.39. The summed E-state index contributed by atoms with van der Waals surface area (Å²) in [4.78, 5) is 15.2. The summed E-state index contributed by atoms with van der Waals surface area (Å²) in [5.41, 5.74) is 0.454. The summed E-state index contributed by atoms with van der Waals surface area (Å²) >= 11 is 0. The van der Waals surface area contributed by atoms with E-state index < -0.39 is 17.1 Å². The van der Waals surface area contributed by atoms with Crippen LogP contribution in [0.5, 0.6) is 11.5 Å². The van der Waals surface area contributed by atoms with Gasteiger partial charge in [0.05, 0.1) is 11.0 Å². The molecule has 2 bridgehead atoms. The zero-order chi connectivity index (χ0) is 17.0. The fourth-order valence-electron chi connectivity index (χ4n) is 6.26. The van der Waals surface area contributed by atoms with E-state index in [0.29, 0.717) is 18.6 Å². The summed E-state index contributed by atoms with van der Waals surface area (Å²) in [6.07, 6.45) is 4.33. The molecule has 6 rings (SSSR count). The third-order valence-corrected chi connectivity index (χ3v) is 7.56. The van der Waals surface area contributed by atoms with Gasteiger partial charge >= 0.3 is 0 Å². The molecule has 2 saturated carbocycles. The van der Waals surface area contributed by atoms with E-state index in [1.807, 2.05) is 6.07 Å². The van der Waals surface area contributed by atoms with Gasteiger partial charge in [-0.15, -0.1) is 12.4 Å². The Balaban J connectivity index is 0.00000150. The Hall–Kier alpha value is -1.30. The third kappa shape index (κ3) is 1.77. The van der Waals surface area contributed by atoms with Gasteiger partial charge < -0.3 is 14.9 Å². The Bertz CT molecular complexity index is 809. The lowest BCUT2D eigenvalue weighted by atomic mass is 9.49. The lowest BCUT2D eigenvalue weighted by Gasteiger charge is -2.62. The van der Waals surface area contributed by atoms with Crippen molar-refractivity contribution in [3.63, 3.8) is 0 Å². The van der Waals surface area contributed by atoms with E-state index in [0.717, 1.165) is 43.0 Å². The number of carbonyl (C=O) groups is 1. The van der Waals surface area contributed by atoms with Crippen LogP contribution in [0.4, 0.5) is 0 Å². The maximum atomic E-state index is 12.7. The number of ether oxygens (including phenoxy) is 1. The highest BCUT2D eigenvalue weighted by Crippen LogP contribution is 2.64. The van der Waals surface area contributed by atoms with Crippen LogP contribution in [-0.4, -0.2) is 51.7 Å². The highest BCUT2D eigenvalue weighted by atomic mass is 35.5. The van der Waals surface area contributed by atoms with Gasteiger partial charge in [-0.2, -0.15) is 0 Å². The van der Waals surface area contributed by atoms with Crippen molar-refractivity contribution in [3.05, 3.63) is 23.3 Å². The van der Waals surface area contributed by atoms with Crippen LogP contribution in [0.2, 0.25) is 0 Å². The molecule has 0 amide bonds. The van der Waals surface area contributed by atoms with Gasteiger partial charge in [-0.25, -0.2) is 0 Å². The summed E-state index contributed by atoms with van der Waals surface area (Å²) < 4.78 is 6.04. The van der Waals surface area contributed by atoms with Gasteiger partial charge in [-0.1, -0.05) is 6.07 Å². The van der Waals surface area contributed by atoms with Gasteiger partial charge in [-0.3, -0.25) is 9.69 Å². The van der Waals surface area contributed by atoms with Crippen molar-refractivity contribution >= 4 is 18.2 Å². The van der Waals surface area contributed by atoms with Crippen LogP contribution in [0.1, 0.15) is 43.2 Å². The molecule has 2 heterocycles. The van der Waals surface area contributed by atoms with Crippen molar-refractivity contribution in [1.82, 2.24) is 4.90 Å². The number of carbonyl (C=O) groups excluding carboxylic acids is 1. The zero-order valence-corrected chi connectivity index (χ0v) is 15.4. The average Bonchev–Trinajstić information content (AvgIpc) is 3.32. The zero-order valence-electron chi connectivity index (χ0n) is 14.6. The number of aliphatic hydroxyl groups is 1. The summed E-state index contributed by atoms with van der Waals surface area (Å²) in [6, 6.07) is 3.69. The predicted octanol–water partition coefficient (Wildman–Crippen LogP) is 1.95. The van der Waals surface area contributed by atoms with Crippen LogP contribution in [0.3, 0.4) is 0 Å². The number of phenols is 1. The first-order chi connectivity index (χ1) is 12.0. The number of hydrogen-bond acceptors (Lipinski definition) is 5. The standard InChI is InChI=1S/C20H23NO4.ClH/c22-13-4-3-12-9-15-20(24)6-5-14(23)18-19(20,16(12)17(13)25-18)7-8-21(15)10-11-1-2-11;/h3-4,11,15,18,22,24H,1-2,5-10H2;1H/t15?,18-,19+,20+;/m0./s1. The Morgan fingerprint density at radius 2 is 2.08 bits per heavy atom. The molecule has 3 fully saturated rings. The second kappa shape index (κ2) is 5.15. The first-order valence-electron chi connectivity index (χ1n) is 9.56. The lowest BCUT2D eigenvalue weighted by molar-refractivity contribution is -0.188. The molecule has 2 aliphatic heterocycles. The molecular weight excluding hydrogens is 354 g/mol. The van der Waals surface area contributed by atoms with Gasteiger partial charge in [0.15, 0.2) is 23.4 Å². The van der Waals surface area contributed by atoms with Crippen molar-refractivity contribution in [2.75, 3.05) is 13.1 Å². The SMILES string of the molecule is Cl.O=C1CC[C@@]2(O)C3Cc4ccc(O)c5c4[C@]2(CCN3CC2CC2)[C@H]1O5. The minimum absolute atomic E-state index is 0. The fraction of sp³-hybridized carbons (Fsp3) is 0.650. The van der Waals surface area contributed by atoms with Crippen molar-refractivity contribution in [3.8, 4) is 11.5 Å². The van der Waals surface area contributed by atoms with E-state index in [-0.39, 0.29) is 30.0 Å². The molecule has 5 nitrogen and oxygen atoms in total. The smallest absolute Gasteiger partial charge is 0.174 e. The number of likely N-dealkylation sites (tertiary alicyclic amines) is 1. The maximum Gasteiger partial charge on any atom is 0.174 e. The predicted molar refractivity (Wildman–Crippen MR) is 97.0 cm³/mol. The second-order valence-electron chi connectivity index (χ2n) is 8.72. The largest absolute Gasteiger partial charge is 0.504 e. The lowest BCUT2D eigenvalue weighted by Crippen LogP contribution is -2.76. The van der Waals surface area contributed by atoms with E-state index in [1.54, 1.807) is 6.07 Å². The first kappa shape index (κ1) is 16.8. The number of ketones is 1. The molecule has 1 aromatic carbocycles. The topological polar surface area (TPSA) is 70.0 Å². The van der Waals surface area contributed by atoms with Crippen molar-refractivity contribution in [2.45, 2.75) is 61.7 Å². The van der Waals surface area contributed by atoms with Crippen LogP contribution in [0.15, 0.2) is 12.1 Å². The Labute approximate surface area is 158 Å². The Kier molecular flexibility index (Phi) is 3.34. The minimum Gasteiger partial charge on any atom is -0.504 e. The molecular formula is C20H24ClNO4. The van der Waals surface area contributed by atoms with Crippen LogP contribution in [-0.2, 0) is 16.6 Å². The normalized spacial score (nSPS) is 39.8. The van der Waals surface area contributed by atoms with E-state index in [9.17, 15) is 15.0 Å². The van der Waals surface area contributed by atoms with Crippen LogP contribution >= 0.6 is 12.4 Å². The highest BCUT2D eigenvalue weighted by Gasteiger charge is 2.73.